The summed E-state index contributed by atoms with van der Waals surface area (Å²) in [6.45, 7) is 2.53. The first-order valence-corrected chi connectivity index (χ1v) is 14.9. The van der Waals surface area contributed by atoms with Crippen molar-refractivity contribution >= 4 is 23.6 Å². The summed E-state index contributed by atoms with van der Waals surface area (Å²) < 4.78 is 13.1. The van der Waals surface area contributed by atoms with E-state index in [1.165, 1.54) is 0 Å². The summed E-state index contributed by atoms with van der Waals surface area (Å²) in [5.41, 5.74) is 5.60. The van der Waals surface area contributed by atoms with Crippen LogP contribution < -0.4 is 5.32 Å². The highest BCUT2D eigenvalue weighted by molar-refractivity contribution is 7.99. The molecule has 4 rings (SSSR count). The van der Waals surface area contributed by atoms with Crippen molar-refractivity contribution < 1.29 is 34.4 Å². The average Bonchev–Trinajstić information content (AvgIpc) is 3.00. The molecule has 0 aliphatic carbocycles. The molecule has 1 saturated heterocycles. The number of carboxylic acid groups (broad SMARTS) is 1. The van der Waals surface area contributed by atoms with E-state index in [1.807, 2.05) is 66.7 Å². The van der Waals surface area contributed by atoms with Crippen LogP contribution in [0.5, 0.6) is 0 Å². The lowest BCUT2D eigenvalue weighted by Crippen LogP contribution is -2.38. The quantitative estimate of drug-likeness (QED) is 0.212. The van der Waals surface area contributed by atoms with Crippen LogP contribution in [-0.4, -0.2) is 51.4 Å². The van der Waals surface area contributed by atoms with Crippen molar-refractivity contribution in [3.05, 3.63) is 95.1 Å². The maximum absolute atomic E-state index is 12.0. The van der Waals surface area contributed by atoms with Crippen molar-refractivity contribution in [1.82, 2.24) is 5.32 Å². The Hall–Kier alpha value is -3.21. The van der Waals surface area contributed by atoms with E-state index in [9.17, 15) is 19.8 Å². The first-order chi connectivity index (χ1) is 19.9. The second-order valence-electron chi connectivity index (χ2n) is 10.1. The van der Waals surface area contributed by atoms with Gasteiger partial charge in [0.2, 0.25) is 5.91 Å². The molecule has 3 aromatic carbocycles. The van der Waals surface area contributed by atoms with E-state index >= 15 is 0 Å². The van der Waals surface area contributed by atoms with Crippen LogP contribution in [0.4, 0.5) is 0 Å². The Morgan fingerprint density at radius 1 is 0.878 bits per heavy atom. The highest BCUT2D eigenvalue weighted by Crippen LogP contribution is 2.43. The van der Waals surface area contributed by atoms with E-state index in [4.69, 9.17) is 14.6 Å². The molecule has 9 heteroatoms. The fourth-order valence-corrected chi connectivity index (χ4v) is 5.72. The average molecular weight is 580 g/mol. The number of nitrogens with one attached hydrogen (secondary N) is 1. The van der Waals surface area contributed by atoms with Gasteiger partial charge in [0.15, 0.2) is 6.29 Å². The molecule has 1 heterocycles. The Balaban J connectivity index is 1.53. The second kappa shape index (κ2) is 15.1. The van der Waals surface area contributed by atoms with E-state index in [1.54, 1.807) is 11.8 Å². The molecule has 4 atom stereocenters. The number of aliphatic hydroxyl groups is 2. The first kappa shape index (κ1) is 30.7. The van der Waals surface area contributed by atoms with Gasteiger partial charge in [0.1, 0.15) is 0 Å². The molecule has 0 aromatic heterocycles. The Bertz CT molecular complexity index is 1300. The number of aliphatic hydroxyl groups excluding tert-OH is 2. The number of hydrogen-bond donors (Lipinski definition) is 4. The van der Waals surface area contributed by atoms with Crippen LogP contribution in [0.15, 0.2) is 72.8 Å². The van der Waals surface area contributed by atoms with Crippen LogP contribution in [0.3, 0.4) is 0 Å². The Morgan fingerprint density at radius 3 is 2.32 bits per heavy atom. The molecule has 1 aliphatic heterocycles. The zero-order valence-electron chi connectivity index (χ0n) is 23.1. The molecule has 1 fully saturated rings. The maximum Gasteiger partial charge on any atom is 0.303 e. The number of carbonyl (C=O) groups is 2. The predicted octanol–water partition coefficient (Wildman–Crippen LogP) is 4.84. The van der Waals surface area contributed by atoms with Gasteiger partial charge in [0.25, 0.3) is 0 Å². The predicted molar refractivity (Wildman–Crippen MR) is 158 cm³/mol. The van der Waals surface area contributed by atoms with Crippen LogP contribution in [0.2, 0.25) is 0 Å². The number of rotatable bonds is 13. The monoisotopic (exact) mass is 579 g/mol. The van der Waals surface area contributed by atoms with E-state index in [-0.39, 0.29) is 50.1 Å². The Kier molecular flexibility index (Phi) is 11.4. The largest absolute Gasteiger partial charge is 0.481 e. The first-order valence-electron chi connectivity index (χ1n) is 13.7. The molecule has 0 spiro atoms. The number of aliphatic carboxylic acids is 1. The molecule has 0 saturated carbocycles. The van der Waals surface area contributed by atoms with Crippen LogP contribution in [0.25, 0.3) is 11.1 Å². The SMILES string of the molecule is CC1C(CSCCO)OC(c2cccc(-c3cccc(CNC(=O)CCC(=O)O)c3)c2)OC1c1ccc(CO)cc1. The van der Waals surface area contributed by atoms with E-state index < -0.39 is 12.3 Å². The highest BCUT2D eigenvalue weighted by atomic mass is 32.2. The molecule has 218 valence electrons. The van der Waals surface area contributed by atoms with E-state index in [2.05, 4.69) is 18.3 Å². The topological polar surface area (TPSA) is 125 Å². The number of hydrogen-bond acceptors (Lipinski definition) is 7. The summed E-state index contributed by atoms with van der Waals surface area (Å²) in [6.07, 6.45) is -1.14. The van der Waals surface area contributed by atoms with Crippen molar-refractivity contribution in [2.45, 2.75) is 51.4 Å². The summed E-state index contributed by atoms with van der Waals surface area (Å²) in [5.74, 6) is 0.145. The van der Waals surface area contributed by atoms with Crippen molar-refractivity contribution in [3.8, 4) is 11.1 Å². The lowest BCUT2D eigenvalue weighted by Gasteiger charge is -2.41. The minimum Gasteiger partial charge on any atom is -0.481 e. The minimum atomic E-state index is -0.997. The van der Waals surface area contributed by atoms with Gasteiger partial charge in [0, 0.05) is 36.0 Å². The lowest BCUT2D eigenvalue weighted by molar-refractivity contribution is -0.268. The van der Waals surface area contributed by atoms with Gasteiger partial charge in [0.05, 0.1) is 31.8 Å². The number of amides is 1. The standard InChI is InChI=1S/C32H37NO7S/c1-21-28(20-41-15-14-34)39-32(40-31(21)24-10-8-22(19-35)9-11-24)27-7-3-6-26(17-27)25-5-2-4-23(16-25)18-33-29(36)12-13-30(37)38/h2-11,16-17,21,28,31-32,34-35H,12-15,18-20H2,1H3,(H,33,36)(H,37,38). The summed E-state index contributed by atoms with van der Waals surface area (Å²) in [6, 6.07) is 23.7. The van der Waals surface area contributed by atoms with Crippen LogP contribution in [0, 0.1) is 5.92 Å². The Labute approximate surface area is 244 Å². The number of ether oxygens (including phenoxy) is 2. The van der Waals surface area contributed by atoms with Gasteiger partial charge in [-0.1, -0.05) is 67.6 Å². The summed E-state index contributed by atoms with van der Waals surface area (Å²) >= 11 is 1.65. The molecular weight excluding hydrogens is 542 g/mol. The number of carboxylic acids is 1. The normalized spacial score (nSPS) is 20.5. The van der Waals surface area contributed by atoms with Crippen molar-refractivity contribution in [2.75, 3.05) is 18.1 Å². The van der Waals surface area contributed by atoms with Gasteiger partial charge >= 0.3 is 5.97 Å². The number of carbonyl (C=O) groups excluding carboxylic acids is 1. The molecule has 3 aromatic rings. The van der Waals surface area contributed by atoms with Gasteiger partial charge in [-0.3, -0.25) is 9.59 Å². The maximum atomic E-state index is 12.0. The van der Waals surface area contributed by atoms with Gasteiger partial charge in [-0.15, -0.1) is 0 Å². The molecule has 1 amide bonds. The van der Waals surface area contributed by atoms with E-state index in [0.29, 0.717) is 12.3 Å². The van der Waals surface area contributed by atoms with Gasteiger partial charge in [-0.2, -0.15) is 11.8 Å². The number of thioether (sulfide) groups is 1. The van der Waals surface area contributed by atoms with Crippen LogP contribution >= 0.6 is 11.8 Å². The minimum absolute atomic E-state index is 0.0153. The number of benzene rings is 3. The zero-order valence-corrected chi connectivity index (χ0v) is 23.9. The van der Waals surface area contributed by atoms with Gasteiger partial charge in [-0.25, -0.2) is 0 Å². The van der Waals surface area contributed by atoms with Crippen LogP contribution in [-0.2, 0) is 32.2 Å². The fourth-order valence-electron chi connectivity index (χ4n) is 4.81. The molecule has 1 aliphatic rings. The van der Waals surface area contributed by atoms with Crippen molar-refractivity contribution in [2.24, 2.45) is 5.92 Å². The summed E-state index contributed by atoms with van der Waals surface area (Å²) in [4.78, 5) is 22.7. The molecule has 0 bridgehead atoms. The fraction of sp³-hybridized carbons (Fsp3) is 0.375. The molecule has 4 unspecified atom stereocenters. The lowest BCUT2D eigenvalue weighted by atomic mass is 9.91. The second-order valence-corrected chi connectivity index (χ2v) is 11.3. The van der Waals surface area contributed by atoms with Gasteiger partial charge < -0.3 is 30.1 Å². The molecule has 8 nitrogen and oxygen atoms in total. The molecule has 4 N–H and O–H groups in total. The molecule has 0 radical (unpaired) electrons. The smallest absolute Gasteiger partial charge is 0.303 e. The Morgan fingerprint density at radius 2 is 1.61 bits per heavy atom. The highest BCUT2D eigenvalue weighted by Gasteiger charge is 2.38. The molecule has 41 heavy (non-hydrogen) atoms. The summed E-state index contributed by atoms with van der Waals surface area (Å²) in [7, 11) is 0. The third-order valence-corrected chi connectivity index (χ3v) is 8.15. The third kappa shape index (κ3) is 8.64. The zero-order chi connectivity index (χ0) is 29.2. The molecular formula is C32H37NO7S. The summed E-state index contributed by atoms with van der Waals surface area (Å²) in [5, 5.41) is 30.3. The van der Waals surface area contributed by atoms with Crippen molar-refractivity contribution in [1.29, 1.82) is 0 Å². The third-order valence-electron chi connectivity index (χ3n) is 7.12. The van der Waals surface area contributed by atoms with Gasteiger partial charge in [-0.05, 0) is 39.9 Å². The van der Waals surface area contributed by atoms with Crippen molar-refractivity contribution in [3.63, 3.8) is 0 Å². The van der Waals surface area contributed by atoms with Crippen LogP contribution in [0.1, 0.15) is 54.4 Å². The van der Waals surface area contributed by atoms with E-state index in [0.717, 1.165) is 39.1 Å².